The summed E-state index contributed by atoms with van der Waals surface area (Å²) in [4.78, 5) is 42.9. The Bertz CT molecular complexity index is 960. The van der Waals surface area contributed by atoms with E-state index in [1.807, 2.05) is 0 Å². The fourth-order valence-corrected chi connectivity index (χ4v) is 3.04. The van der Waals surface area contributed by atoms with Gasteiger partial charge >= 0.3 is 5.97 Å². The van der Waals surface area contributed by atoms with Crippen LogP contribution < -0.4 is 10.6 Å². The molecule has 2 amide bonds. The number of carbonyl (C=O) groups excluding carboxylic acids is 3. The predicted molar refractivity (Wildman–Crippen MR) is 109 cm³/mol. The maximum atomic E-state index is 13.3. The van der Waals surface area contributed by atoms with Crippen LogP contribution >= 0.6 is 23.2 Å². The second-order valence-corrected chi connectivity index (χ2v) is 7.80. The molecule has 3 rings (SSSR count). The molecule has 0 radical (unpaired) electrons. The lowest BCUT2D eigenvalue weighted by Crippen LogP contribution is -2.35. The van der Waals surface area contributed by atoms with E-state index < -0.39 is 22.8 Å². The molecule has 152 valence electrons. The van der Waals surface area contributed by atoms with Crippen molar-refractivity contribution >= 4 is 46.7 Å². The van der Waals surface area contributed by atoms with Crippen LogP contribution in [-0.2, 0) is 4.74 Å². The van der Waals surface area contributed by atoms with Crippen molar-refractivity contribution in [2.75, 3.05) is 11.4 Å². The Morgan fingerprint density at radius 3 is 2.59 bits per heavy atom. The van der Waals surface area contributed by atoms with Crippen LogP contribution in [0, 0.1) is 12.8 Å². The van der Waals surface area contributed by atoms with Crippen molar-refractivity contribution in [3.63, 3.8) is 0 Å². The van der Waals surface area contributed by atoms with Crippen LogP contribution in [0.5, 0.6) is 0 Å². The normalized spacial score (nSPS) is 13.2. The Kier molecular flexibility index (Phi) is 6.39. The summed E-state index contributed by atoms with van der Waals surface area (Å²) in [7, 11) is 0. The van der Waals surface area contributed by atoms with Crippen molar-refractivity contribution in [3.05, 3.63) is 58.9 Å². The maximum Gasteiger partial charge on any atom is 0.340 e. The number of carbonyl (C=O) groups is 3. The molecular formula is C20H19Cl2N3O4. The average molecular weight is 436 g/mol. The molecule has 2 N–H and O–H groups in total. The van der Waals surface area contributed by atoms with Gasteiger partial charge in [-0.05, 0) is 56.0 Å². The molecule has 1 aromatic heterocycles. The fraction of sp³-hybridized carbons (Fsp3) is 0.300. The van der Waals surface area contributed by atoms with Gasteiger partial charge in [-0.25, -0.2) is 9.78 Å². The van der Waals surface area contributed by atoms with E-state index in [0.717, 1.165) is 12.8 Å². The number of hydrogen-bond acceptors (Lipinski definition) is 5. The third-order valence-corrected chi connectivity index (χ3v) is 4.65. The monoisotopic (exact) mass is 435 g/mol. The van der Waals surface area contributed by atoms with Crippen LogP contribution in [0.1, 0.15) is 49.7 Å². The number of benzene rings is 1. The largest absolute Gasteiger partial charge is 0.428 e. The molecule has 0 atom stereocenters. The summed E-state index contributed by atoms with van der Waals surface area (Å²) in [6.07, 6.45) is 2.00. The van der Waals surface area contributed by atoms with Gasteiger partial charge in [0.25, 0.3) is 16.8 Å². The number of nitrogens with zero attached hydrogens (tertiary/aromatic N) is 2. The summed E-state index contributed by atoms with van der Waals surface area (Å²) in [6.45, 7) is 2.15. The molecule has 7 nitrogen and oxygen atoms in total. The van der Waals surface area contributed by atoms with E-state index in [9.17, 15) is 14.4 Å². The van der Waals surface area contributed by atoms with Crippen molar-refractivity contribution in [1.82, 2.24) is 4.98 Å². The second kappa shape index (κ2) is 8.80. The molecule has 1 aromatic carbocycles. The third kappa shape index (κ3) is 5.25. The van der Waals surface area contributed by atoms with Gasteiger partial charge in [0, 0.05) is 17.9 Å². The van der Waals surface area contributed by atoms with Gasteiger partial charge in [0.1, 0.15) is 5.69 Å². The summed E-state index contributed by atoms with van der Waals surface area (Å²) in [5.74, 6) is -1.57. The van der Waals surface area contributed by atoms with Gasteiger partial charge in [-0.15, -0.1) is 0 Å². The molecule has 2 aromatic rings. The van der Waals surface area contributed by atoms with Gasteiger partial charge in [-0.2, -0.15) is 0 Å². The molecule has 1 heterocycles. The van der Waals surface area contributed by atoms with Crippen molar-refractivity contribution < 1.29 is 19.1 Å². The van der Waals surface area contributed by atoms with Crippen molar-refractivity contribution in [1.29, 1.82) is 0 Å². The lowest BCUT2D eigenvalue weighted by molar-refractivity contribution is 0.0535. The first kappa shape index (κ1) is 21.1. The highest BCUT2D eigenvalue weighted by Gasteiger charge is 2.30. The van der Waals surface area contributed by atoms with E-state index in [4.69, 9.17) is 33.7 Å². The van der Waals surface area contributed by atoms with Gasteiger partial charge in [0.15, 0.2) is 0 Å². The number of primary amides is 1. The van der Waals surface area contributed by atoms with E-state index in [-0.39, 0.29) is 16.8 Å². The zero-order chi connectivity index (χ0) is 21.1. The highest BCUT2D eigenvalue weighted by atomic mass is 35.5. The smallest absolute Gasteiger partial charge is 0.340 e. The van der Waals surface area contributed by atoms with E-state index >= 15 is 0 Å². The number of amides is 2. The highest BCUT2D eigenvalue weighted by molar-refractivity contribution is 6.43. The number of esters is 1. The van der Waals surface area contributed by atoms with Crippen molar-refractivity contribution in [2.45, 2.75) is 24.8 Å². The number of ether oxygens (including phenoxy) is 1. The number of aryl methyl sites for hydroxylation is 1. The van der Waals surface area contributed by atoms with E-state index in [2.05, 4.69) is 4.98 Å². The number of nitrogens with two attached hydrogens (primary N) is 1. The topological polar surface area (TPSA) is 103 Å². The molecule has 1 fully saturated rings. The Morgan fingerprint density at radius 1 is 1.24 bits per heavy atom. The Balaban J connectivity index is 1.98. The number of rotatable bonds is 7. The van der Waals surface area contributed by atoms with Crippen LogP contribution in [0.15, 0.2) is 36.4 Å². The van der Waals surface area contributed by atoms with Gasteiger partial charge < -0.3 is 15.4 Å². The zero-order valence-electron chi connectivity index (χ0n) is 15.6. The molecule has 1 aliphatic carbocycles. The van der Waals surface area contributed by atoms with Crippen LogP contribution in [-0.4, -0.2) is 34.3 Å². The molecule has 29 heavy (non-hydrogen) atoms. The lowest BCUT2D eigenvalue weighted by Gasteiger charge is -2.24. The summed E-state index contributed by atoms with van der Waals surface area (Å²) >= 11 is 11.0. The summed E-state index contributed by atoms with van der Waals surface area (Å²) < 4.78 is 4.79. The molecule has 1 saturated carbocycles. The van der Waals surface area contributed by atoms with Crippen molar-refractivity contribution in [2.24, 2.45) is 11.7 Å². The average Bonchev–Trinajstić information content (AvgIpc) is 3.49. The number of alkyl halides is 2. The van der Waals surface area contributed by atoms with Crippen molar-refractivity contribution in [3.8, 4) is 0 Å². The van der Waals surface area contributed by atoms with Gasteiger partial charge in [0.2, 0.25) is 0 Å². The first-order chi connectivity index (χ1) is 13.8. The highest BCUT2D eigenvalue weighted by Crippen LogP contribution is 2.32. The lowest BCUT2D eigenvalue weighted by atomic mass is 10.1. The molecule has 1 aliphatic rings. The van der Waals surface area contributed by atoms with E-state index in [1.54, 1.807) is 25.1 Å². The first-order valence-corrected chi connectivity index (χ1v) is 9.82. The van der Waals surface area contributed by atoms with Crippen LogP contribution in [0.2, 0.25) is 0 Å². The van der Waals surface area contributed by atoms with Gasteiger partial charge in [-0.1, -0.05) is 29.3 Å². The van der Waals surface area contributed by atoms with Gasteiger partial charge in [-0.3, -0.25) is 9.59 Å². The Labute approximate surface area is 177 Å². The minimum absolute atomic E-state index is 0.0847. The molecule has 0 unspecified atom stereocenters. The number of pyridine rings is 1. The van der Waals surface area contributed by atoms with E-state index in [0.29, 0.717) is 23.8 Å². The molecular weight excluding hydrogens is 417 g/mol. The molecule has 0 bridgehead atoms. The SMILES string of the molecule is Cc1ccc(C(=O)N(CC2CC2)c2cccc(C(=O)OC(Cl)Cl)c2)c(C(N)=O)n1. The van der Waals surface area contributed by atoms with Crippen LogP contribution in [0.3, 0.4) is 0 Å². The predicted octanol–water partition coefficient (Wildman–Crippen LogP) is 3.46. The standard InChI is InChI=1S/C20H19Cl2N3O4/c1-11-5-8-15(16(24-11)17(23)26)18(27)25(10-12-6-7-12)14-4-2-3-13(9-14)19(28)29-20(21)22/h2-5,8-9,12,20H,6-7,10H2,1H3,(H2,23,26). The summed E-state index contributed by atoms with van der Waals surface area (Å²) in [6, 6.07) is 9.55. The first-order valence-electron chi connectivity index (χ1n) is 8.94. The molecule has 0 aliphatic heterocycles. The molecule has 9 heteroatoms. The Hall–Kier alpha value is -2.64. The quantitative estimate of drug-likeness (QED) is 0.529. The maximum absolute atomic E-state index is 13.3. The molecule has 0 saturated heterocycles. The summed E-state index contributed by atoms with van der Waals surface area (Å²) in [5, 5.41) is -1.30. The number of halogens is 2. The minimum Gasteiger partial charge on any atom is -0.428 e. The minimum atomic E-state index is -1.30. The second-order valence-electron chi connectivity index (χ2n) is 6.79. The third-order valence-electron chi connectivity index (χ3n) is 4.47. The van der Waals surface area contributed by atoms with E-state index in [1.165, 1.54) is 23.1 Å². The zero-order valence-corrected chi connectivity index (χ0v) is 17.1. The van der Waals surface area contributed by atoms with Gasteiger partial charge in [0.05, 0.1) is 11.1 Å². The number of hydrogen-bond donors (Lipinski definition) is 1. The number of anilines is 1. The Morgan fingerprint density at radius 2 is 1.97 bits per heavy atom. The van der Waals surface area contributed by atoms with Crippen LogP contribution in [0.25, 0.3) is 0 Å². The number of aromatic nitrogens is 1. The van der Waals surface area contributed by atoms with Crippen LogP contribution in [0.4, 0.5) is 5.69 Å². The molecule has 0 spiro atoms. The summed E-state index contributed by atoms with van der Waals surface area (Å²) in [5.41, 5.74) is 6.70. The fourth-order valence-electron chi connectivity index (χ4n) is 2.88.